The Morgan fingerprint density at radius 1 is 0.960 bits per heavy atom. The van der Waals surface area contributed by atoms with E-state index in [2.05, 4.69) is 10.6 Å². The molecule has 1 aliphatic carbocycles. The van der Waals surface area contributed by atoms with Gasteiger partial charge in [0.25, 0.3) is 0 Å². The number of amides is 2. The van der Waals surface area contributed by atoms with Crippen LogP contribution in [0.3, 0.4) is 0 Å². The molecule has 1 aliphatic rings. The number of carbonyl (C=O) groups excluding carboxylic acids is 2. The molecule has 1 fully saturated rings. The van der Waals surface area contributed by atoms with Crippen LogP contribution in [-0.4, -0.2) is 18.9 Å². The summed E-state index contributed by atoms with van der Waals surface area (Å²) in [7, 11) is 1.53. The van der Waals surface area contributed by atoms with Crippen molar-refractivity contribution in [1.29, 1.82) is 0 Å². The number of nitrogens with one attached hydrogen (secondary N) is 2. The number of para-hydroxylation sites is 1. The monoisotopic (exact) mass is 346 g/mol. The van der Waals surface area contributed by atoms with Gasteiger partial charge >= 0.3 is 0 Å². The Balaban J connectivity index is 1.72. The van der Waals surface area contributed by atoms with E-state index >= 15 is 0 Å². The van der Waals surface area contributed by atoms with Crippen molar-refractivity contribution in [3.8, 4) is 5.75 Å². The van der Waals surface area contributed by atoms with Gasteiger partial charge < -0.3 is 15.4 Å². The minimum Gasteiger partial charge on any atom is -0.497 e. The first-order valence-corrected chi connectivity index (χ1v) is 7.67. The highest BCUT2D eigenvalue weighted by Crippen LogP contribution is 2.47. The van der Waals surface area contributed by atoms with Crippen LogP contribution in [0.15, 0.2) is 42.5 Å². The zero-order valence-corrected chi connectivity index (χ0v) is 13.4. The van der Waals surface area contributed by atoms with E-state index in [1.165, 1.54) is 13.2 Å². The molecular weight excluding hydrogens is 330 g/mol. The summed E-state index contributed by atoms with van der Waals surface area (Å²) < 4.78 is 32.4. The van der Waals surface area contributed by atoms with Gasteiger partial charge in [0.15, 0.2) is 0 Å². The Kier molecular flexibility index (Phi) is 4.39. The lowest BCUT2D eigenvalue weighted by Gasteiger charge is -2.16. The van der Waals surface area contributed by atoms with Gasteiger partial charge in [-0.2, -0.15) is 0 Å². The summed E-state index contributed by atoms with van der Waals surface area (Å²) in [5.41, 5.74) is -1.35. The van der Waals surface area contributed by atoms with E-state index in [1.54, 1.807) is 24.3 Å². The number of ether oxygens (including phenoxy) is 1. The Hall–Kier alpha value is -2.96. The van der Waals surface area contributed by atoms with E-state index in [4.69, 9.17) is 4.74 Å². The van der Waals surface area contributed by atoms with Crippen LogP contribution in [0.5, 0.6) is 5.75 Å². The predicted molar refractivity (Wildman–Crippen MR) is 88.3 cm³/mol. The molecule has 130 valence electrons. The average molecular weight is 346 g/mol. The summed E-state index contributed by atoms with van der Waals surface area (Å²) in [6, 6.07) is 9.89. The molecule has 2 aromatic carbocycles. The molecule has 5 nitrogen and oxygen atoms in total. The fourth-order valence-electron chi connectivity index (χ4n) is 2.46. The van der Waals surface area contributed by atoms with Crippen LogP contribution in [0, 0.1) is 17.0 Å². The topological polar surface area (TPSA) is 67.4 Å². The van der Waals surface area contributed by atoms with Crippen molar-refractivity contribution in [3.05, 3.63) is 54.1 Å². The van der Waals surface area contributed by atoms with E-state index < -0.39 is 34.6 Å². The molecule has 0 bridgehead atoms. The van der Waals surface area contributed by atoms with Crippen LogP contribution in [0.1, 0.15) is 12.8 Å². The molecule has 0 saturated heterocycles. The predicted octanol–water partition coefficient (Wildman–Crippen LogP) is 3.33. The molecule has 25 heavy (non-hydrogen) atoms. The minimum absolute atomic E-state index is 0.316. The van der Waals surface area contributed by atoms with Gasteiger partial charge in [0.1, 0.15) is 28.5 Å². The van der Waals surface area contributed by atoms with Crippen LogP contribution >= 0.6 is 0 Å². The van der Waals surface area contributed by atoms with Crippen LogP contribution in [-0.2, 0) is 9.59 Å². The molecule has 1 saturated carbocycles. The van der Waals surface area contributed by atoms with Gasteiger partial charge in [0.2, 0.25) is 11.8 Å². The van der Waals surface area contributed by atoms with Gasteiger partial charge in [-0.15, -0.1) is 0 Å². The van der Waals surface area contributed by atoms with E-state index in [9.17, 15) is 18.4 Å². The highest BCUT2D eigenvalue weighted by molar-refractivity contribution is 6.16. The van der Waals surface area contributed by atoms with Crippen molar-refractivity contribution in [1.82, 2.24) is 0 Å². The van der Waals surface area contributed by atoms with Crippen LogP contribution in [0.4, 0.5) is 20.2 Å². The summed E-state index contributed by atoms with van der Waals surface area (Å²) >= 11 is 0. The maximum atomic E-state index is 13.7. The quantitative estimate of drug-likeness (QED) is 0.816. The highest BCUT2D eigenvalue weighted by Gasteiger charge is 2.56. The first kappa shape index (κ1) is 16.9. The average Bonchev–Trinajstić information content (AvgIpc) is 3.41. The van der Waals surface area contributed by atoms with Crippen LogP contribution in [0.25, 0.3) is 0 Å². The normalized spacial score (nSPS) is 14.5. The third-order valence-corrected chi connectivity index (χ3v) is 4.17. The number of anilines is 2. The molecule has 0 radical (unpaired) electrons. The lowest BCUT2D eigenvalue weighted by atomic mass is 10.0. The SMILES string of the molecule is COc1ccc(NC(=O)C2(C(=O)Nc3c(F)cccc3F)CC2)cc1. The Morgan fingerprint density at radius 3 is 2.04 bits per heavy atom. The Morgan fingerprint density at radius 2 is 1.52 bits per heavy atom. The van der Waals surface area contributed by atoms with E-state index in [0.29, 0.717) is 24.3 Å². The van der Waals surface area contributed by atoms with E-state index in [0.717, 1.165) is 12.1 Å². The second kappa shape index (κ2) is 6.51. The fourth-order valence-corrected chi connectivity index (χ4v) is 2.46. The number of carbonyl (C=O) groups is 2. The second-order valence-corrected chi connectivity index (χ2v) is 5.82. The summed E-state index contributed by atoms with van der Waals surface area (Å²) in [6.45, 7) is 0. The molecule has 2 amide bonds. The molecule has 0 aromatic heterocycles. The van der Waals surface area contributed by atoms with Crippen molar-refractivity contribution >= 4 is 23.2 Å². The molecule has 7 heteroatoms. The van der Waals surface area contributed by atoms with Crippen molar-refractivity contribution in [3.63, 3.8) is 0 Å². The minimum atomic E-state index is -1.31. The standard InChI is InChI=1S/C18H16F2N2O3/c1-25-12-7-5-11(6-8-12)21-16(23)18(9-10-18)17(24)22-15-13(19)3-2-4-14(15)20/h2-8H,9-10H2,1H3,(H,21,23)(H,22,24). The summed E-state index contributed by atoms with van der Waals surface area (Å²) in [6.07, 6.45) is 0.633. The highest BCUT2D eigenvalue weighted by atomic mass is 19.1. The smallest absolute Gasteiger partial charge is 0.240 e. The third-order valence-electron chi connectivity index (χ3n) is 4.17. The number of benzene rings is 2. The molecule has 0 aliphatic heterocycles. The molecular formula is C18H16F2N2O3. The summed E-state index contributed by atoms with van der Waals surface area (Å²) in [4.78, 5) is 24.9. The van der Waals surface area contributed by atoms with Crippen molar-refractivity contribution < 1.29 is 23.1 Å². The zero-order valence-electron chi connectivity index (χ0n) is 13.4. The maximum absolute atomic E-state index is 13.7. The first-order valence-electron chi connectivity index (χ1n) is 7.67. The molecule has 0 unspecified atom stereocenters. The fraction of sp³-hybridized carbons (Fsp3) is 0.222. The third kappa shape index (κ3) is 3.31. The molecule has 3 rings (SSSR count). The van der Waals surface area contributed by atoms with E-state index in [-0.39, 0.29) is 0 Å². The van der Waals surface area contributed by atoms with Crippen molar-refractivity contribution in [2.45, 2.75) is 12.8 Å². The summed E-state index contributed by atoms with van der Waals surface area (Å²) in [5, 5.41) is 4.85. The van der Waals surface area contributed by atoms with Crippen LogP contribution in [0.2, 0.25) is 0 Å². The number of halogens is 2. The number of hydrogen-bond acceptors (Lipinski definition) is 3. The molecule has 2 aromatic rings. The van der Waals surface area contributed by atoms with Gasteiger partial charge in [-0.25, -0.2) is 8.78 Å². The Labute approximate surface area is 143 Å². The lowest BCUT2D eigenvalue weighted by Crippen LogP contribution is -2.36. The van der Waals surface area contributed by atoms with Gasteiger partial charge in [0, 0.05) is 5.69 Å². The summed E-state index contributed by atoms with van der Waals surface area (Å²) in [5.74, 6) is -2.37. The zero-order chi connectivity index (χ0) is 18.0. The second-order valence-electron chi connectivity index (χ2n) is 5.82. The van der Waals surface area contributed by atoms with Gasteiger partial charge in [-0.05, 0) is 49.2 Å². The van der Waals surface area contributed by atoms with Gasteiger partial charge in [-0.3, -0.25) is 9.59 Å². The molecule has 0 atom stereocenters. The lowest BCUT2D eigenvalue weighted by molar-refractivity contribution is -0.131. The van der Waals surface area contributed by atoms with Crippen molar-refractivity contribution in [2.24, 2.45) is 5.41 Å². The molecule has 0 heterocycles. The van der Waals surface area contributed by atoms with E-state index in [1.807, 2.05) is 0 Å². The Bertz CT molecular complexity index is 797. The largest absolute Gasteiger partial charge is 0.497 e. The first-order chi connectivity index (χ1) is 12.0. The number of rotatable bonds is 5. The molecule has 2 N–H and O–H groups in total. The van der Waals surface area contributed by atoms with Crippen molar-refractivity contribution in [2.75, 3.05) is 17.7 Å². The number of hydrogen-bond donors (Lipinski definition) is 2. The van der Waals surface area contributed by atoms with Gasteiger partial charge in [0.05, 0.1) is 7.11 Å². The van der Waals surface area contributed by atoms with Crippen LogP contribution < -0.4 is 15.4 Å². The molecule has 0 spiro atoms. The maximum Gasteiger partial charge on any atom is 0.240 e. The number of methoxy groups -OCH3 is 1. The van der Waals surface area contributed by atoms with Gasteiger partial charge in [-0.1, -0.05) is 6.07 Å².